The zero-order chi connectivity index (χ0) is 11.4. The van der Waals surface area contributed by atoms with Gasteiger partial charge in [0.2, 0.25) is 0 Å². The van der Waals surface area contributed by atoms with Crippen LogP contribution in [0, 0.1) is 0 Å². The van der Waals surface area contributed by atoms with Crippen LogP contribution in [0.2, 0.25) is 0 Å². The van der Waals surface area contributed by atoms with Gasteiger partial charge in [-0.05, 0) is 20.8 Å². The van der Waals surface area contributed by atoms with E-state index in [2.05, 4.69) is 0 Å². The monoisotopic (exact) mass is 251 g/mol. The molecule has 1 atom stereocenters. The van der Waals surface area contributed by atoms with Gasteiger partial charge >= 0.3 is 44.8 Å². The van der Waals surface area contributed by atoms with Gasteiger partial charge in [-0.2, -0.15) is 8.42 Å². The molecule has 8 heteroatoms. The van der Waals surface area contributed by atoms with Crippen molar-refractivity contribution in [2.24, 2.45) is 5.73 Å². The van der Waals surface area contributed by atoms with Gasteiger partial charge in [0.25, 0.3) is 0 Å². The summed E-state index contributed by atoms with van der Waals surface area (Å²) in [6.45, 7) is 4.70. The van der Waals surface area contributed by atoms with Crippen LogP contribution in [0.15, 0.2) is 0 Å². The first-order chi connectivity index (χ1) is 6.31. The van der Waals surface area contributed by atoms with Crippen LogP contribution in [0.3, 0.4) is 0 Å². The topological polar surface area (TPSA) is 98.9 Å². The normalized spacial score (nSPS) is 14.5. The van der Waals surface area contributed by atoms with Crippen molar-refractivity contribution in [3.63, 3.8) is 0 Å². The predicted molar refractivity (Wildman–Crippen MR) is 58.3 cm³/mol. The summed E-state index contributed by atoms with van der Waals surface area (Å²) < 4.78 is 41.0. The second kappa shape index (κ2) is 7.18. The minimum atomic E-state index is -4.52. The van der Waals surface area contributed by atoms with Gasteiger partial charge in [0, 0.05) is 13.2 Å². The molecule has 88 valence electrons. The Morgan fingerprint density at radius 1 is 1.33 bits per heavy atom. The van der Waals surface area contributed by atoms with Crippen LogP contribution in [0.5, 0.6) is 0 Å². The van der Waals surface area contributed by atoms with Gasteiger partial charge in [0.1, 0.15) is 0 Å². The Morgan fingerprint density at radius 3 is 1.80 bits per heavy atom. The first-order valence-electron chi connectivity index (χ1n) is 4.32. The van der Waals surface area contributed by atoms with Crippen molar-refractivity contribution in [2.45, 2.75) is 31.9 Å². The molecule has 0 saturated carbocycles. The van der Waals surface area contributed by atoms with Crippen LogP contribution >= 0.6 is 0 Å². The Bertz CT molecular complexity index is 261. The number of hydrogen-bond acceptors (Lipinski definition) is 5. The molecule has 0 bridgehead atoms. The summed E-state index contributed by atoms with van der Waals surface area (Å²) in [6.07, 6.45) is 0. The summed E-state index contributed by atoms with van der Waals surface area (Å²) in [5.41, 5.74) is 5.44. The number of rotatable bonds is 6. The van der Waals surface area contributed by atoms with E-state index in [-0.39, 0.29) is 42.8 Å². The van der Waals surface area contributed by atoms with E-state index in [1.807, 2.05) is 0 Å². The summed E-state index contributed by atoms with van der Waals surface area (Å²) in [5, 5.41) is -2.16. The average molecular weight is 251 g/mol. The van der Waals surface area contributed by atoms with Gasteiger partial charge in [-0.3, -0.25) is 4.55 Å². The molecule has 0 saturated heterocycles. The molecule has 0 aliphatic heterocycles. The summed E-state index contributed by atoms with van der Waals surface area (Å²) in [5.74, 6) is 0. The fourth-order valence-electron chi connectivity index (χ4n) is 1.09. The van der Waals surface area contributed by atoms with E-state index in [0.717, 1.165) is 0 Å². The molecular weight excluding hydrogens is 233 g/mol. The Balaban J connectivity index is 0. The van der Waals surface area contributed by atoms with E-state index in [1.54, 1.807) is 13.8 Å². The first kappa shape index (κ1) is 18.2. The predicted octanol–water partition coefficient (Wildman–Crippen LogP) is -0.700. The molecule has 0 aliphatic rings. The van der Waals surface area contributed by atoms with Crippen LogP contribution in [0.4, 0.5) is 0 Å². The van der Waals surface area contributed by atoms with E-state index in [4.69, 9.17) is 19.8 Å². The number of ether oxygens (including phenoxy) is 2. The SMILES string of the molecule is CCOC(OCC)(C(C)N)S(=O)(=O)O.[NaH]. The third-order valence-corrected chi connectivity index (χ3v) is 2.93. The van der Waals surface area contributed by atoms with Crippen LogP contribution < -0.4 is 5.73 Å². The zero-order valence-electron chi connectivity index (χ0n) is 8.56. The van der Waals surface area contributed by atoms with Crippen molar-refractivity contribution in [2.75, 3.05) is 13.2 Å². The minimum absolute atomic E-state index is 0. The van der Waals surface area contributed by atoms with E-state index in [0.29, 0.717) is 0 Å². The van der Waals surface area contributed by atoms with Crippen molar-refractivity contribution < 1.29 is 22.4 Å². The molecule has 3 N–H and O–H groups in total. The Morgan fingerprint density at radius 2 is 1.67 bits per heavy atom. The Hall–Kier alpha value is 0.790. The Kier molecular flexibility index (Phi) is 8.70. The molecule has 0 heterocycles. The van der Waals surface area contributed by atoms with E-state index in [1.165, 1.54) is 6.92 Å². The number of nitrogens with two attached hydrogens (primary N) is 1. The van der Waals surface area contributed by atoms with Gasteiger partial charge in [-0.25, -0.2) is 0 Å². The summed E-state index contributed by atoms with van der Waals surface area (Å²) >= 11 is 0. The maximum absolute atomic E-state index is 11.1. The van der Waals surface area contributed by atoms with Crippen molar-refractivity contribution in [3.8, 4) is 0 Å². The zero-order valence-corrected chi connectivity index (χ0v) is 9.37. The van der Waals surface area contributed by atoms with Gasteiger partial charge in [-0.15, -0.1) is 0 Å². The molecule has 0 aromatic carbocycles. The molecule has 1 unspecified atom stereocenters. The van der Waals surface area contributed by atoms with E-state index in [9.17, 15) is 8.42 Å². The van der Waals surface area contributed by atoms with Crippen molar-refractivity contribution in [1.29, 1.82) is 0 Å². The van der Waals surface area contributed by atoms with Gasteiger partial charge in [0.05, 0.1) is 6.04 Å². The molecule has 0 rings (SSSR count). The molecule has 0 amide bonds. The third kappa shape index (κ3) is 4.27. The molecule has 0 radical (unpaired) electrons. The molecule has 0 spiro atoms. The van der Waals surface area contributed by atoms with Crippen molar-refractivity contribution >= 4 is 39.7 Å². The summed E-state index contributed by atoms with van der Waals surface area (Å²) in [6, 6.07) is -0.989. The Labute approximate surface area is 113 Å². The molecule has 0 aliphatic carbocycles. The summed E-state index contributed by atoms with van der Waals surface area (Å²) in [4.78, 5) is 0. The molecule has 0 aromatic heterocycles. The van der Waals surface area contributed by atoms with Crippen molar-refractivity contribution in [3.05, 3.63) is 0 Å². The second-order valence-corrected chi connectivity index (χ2v) is 4.25. The molecule has 15 heavy (non-hydrogen) atoms. The van der Waals surface area contributed by atoms with Gasteiger partial charge in [-0.1, -0.05) is 0 Å². The van der Waals surface area contributed by atoms with Crippen LogP contribution in [0.25, 0.3) is 0 Å². The molecule has 0 aromatic rings. The van der Waals surface area contributed by atoms with Crippen molar-refractivity contribution in [1.82, 2.24) is 0 Å². The first-order valence-corrected chi connectivity index (χ1v) is 5.76. The van der Waals surface area contributed by atoms with Crippen LogP contribution in [-0.4, -0.2) is 66.9 Å². The van der Waals surface area contributed by atoms with Gasteiger partial charge in [0.15, 0.2) is 0 Å². The second-order valence-electron chi connectivity index (χ2n) is 2.73. The summed E-state index contributed by atoms with van der Waals surface area (Å²) in [7, 11) is -4.52. The molecule has 6 nitrogen and oxygen atoms in total. The molecular formula is C7H18NNaO5S. The van der Waals surface area contributed by atoms with Gasteiger partial charge < -0.3 is 15.2 Å². The van der Waals surface area contributed by atoms with E-state index < -0.39 is 21.3 Å². The van der Waals surface area contributed by atoms with Crippen LogP contribution in [0.1, 0.15) is 20.8 Å². The fraction of sp³-hybridized carbons (Fsp3) is 1.00. The quantitative estimate of drug-likeness (QED) is 0.368. The maximum atomic E-state index is 11.1. The fourth-order valence-corrected chi connectivity index (χ4v) is 2.09. The average Bonchev–Trinajstić information content (AvgIpc) is 2.01. The number of hydrogen-bond donors (Lipinski definition) is 2. The standard InChI is InChI=1S/C7H17NO5S.Na.H/c1-4-12-7(6(3)8,13-5-2)14(9,10)11;;/h6H,4-5,8H2,1-3H3,(H,9,10,11);;. The third-order valence-electron chi connectivity index (χ3n) is 1.61. The molecule has 0 fully saturated rings. The van der Waals surface area contributed by atoms with Crippen LogP contribution in [-0.2, 0) is 19.6 Å². The van der Waals surface area contributed by atoms with E-state index >= 15 is 0 Å².